The van der Waals surface area contributed by atoms with Gasteiger partial charge in [0.1, 0.15) is 11.6 Å². The molecule has 1 unspecified atom stereocenters. The predicted octanol–water partition coefficient (Wildman–Crippen LogP) is -0.0827. The Morgan fingerprint density at radius 2 is 2.29 bits per heavy atom. The molecule has 5 nitrogen and oxygen atoms in total. The molecule has 0 aliphatic heterocycles. The average molecular weight is 243 g/mol. The summed E-state index contributed by atoms with van der Waals surface area (Å²) in [6, 6.07) is 3.84. The number of halogens is 1. The van der Waals surface area contributed by atoms with Gasteiger partial charge in [-0.1, -0.05) is 0 Å². The molecule has 1 atom stereocenters. The van der Waals surface area contributed by atoms with Crippen molar-refractivity contribution in [2.75, 3.05) is 20.3 Å². The van der Waals surface area contributed by atoms with Gasteiger partial charge in [-0.05, 0) is 12.1 Å². The summed E-state index contributed by atoms with van der Waals surface area (Å²) in [6.07, 6.45) is -1.06. The highest BCUT2D eigenvalue weighted by atomic mass is 19.1. The number of hydrogen-bond acceptors (Lipinski definition) is 4. The van der Waals surface area contributed by atoms with Crippen LogP contribution in [0.4, 0.5) is 4.39 Å². The van der Waals surface area contributed by atoms with E-state index in [0.717, 1.165) is 6.07 Å². The van der Waals surface area contributed by atoms with Gasteiger partial charge in [-0.15, -0.1) is 0 Å². The number of methoxy groups -OCH3 is 1. The van der Waals surface area contributed by atoms with Crippen LogP contribution in [0.5, 0.6) is 5.75 Å². The molecule has 3 N–H and O–H groups in total. The molecule has 0 spiro atoms. The zero-order valence-corrected chi connectivity index (χ0v) is 9.31. The number of aliphatic hydroxyl groups is 2. The molecular formula is C11H14FNO4. The third-order valence-electron chi connectivity index (χ3n) is 2.13. The minimum absolute atomic E-state index is 0.138. The lowest BCUT2D eigenvalue weighted by Crippen LogP contribution is -2.34. The Morgan fingerprint density at radius 3 is 2.82 bits per heavy atom. The van der Waals surface area contributed by atoms with E-state index >= 15 is 0 Å². The minimum Gasteiger partial charge on any atom is -0.497 e. The summed E-state index contributed by atoms with van der Waals surface area (Å²) in [5.74, 6) is -1.05. The van der Waals surface area contributed by atoms with E-state index in [1.807, 2.05) is 0 Å². The second kappa shape index (κ2) is 6.17. The quantitative estimate of drug-likeness (QED) is 0.675. The zero-order valence-electron chi connectivity index (χ0n) is 9.31. The first-order valence-corrected chi connectivity index (χ1v) is 4.99. The van der Waals surface area contributed by atoms with E-state index in [4.69, 9.17) is 14.9 Å². The van der Waals surface area contributed by atoms with Crippen LogP contribution in [0.3, 0.4) is 0 Å². The summed E-state index contributed by atoms with van der Waals surface area (Å²) >= 11 is 0. The van der Waals surface area contributed by atoms with E-state index in [9.17, 15) is 9.18 Å². The molecular weight excluding hydrogens is 229 g/mol. The third-order valence-corrected chi connectivity index (χ3v) is 2.13. The lowest BCUT2D eigenvalue weighted by molar-refractivity contribution is 0.0799. The lowest BCUT2D eigenvalue weighted by atomic mass is 10.2. The molecule has 1 amide bonds. The van der Waals surface area contributed by atoms with Crippen LogP contribution in [0, 0.1) is 5.82 Å². The highest BCUT2D eigenvalue weighted by molar-refractivity contribution is 5.94. The number of ether oxygens (including phenoxy) is 1. The SMILES string of the molecule is COc1ccc(C(=O)NCC(O)CO)c(F)c1. The van der Waals surface area contributed by atoms with Gasteiger partial charge in [0, 0.05) is 12.6 Å². The molecule has 0 heterocycles. The largest absolute Gasteiger partial charge is 0.497 e. The molecule has 94 valence electrons. The van der Waals surface area contributed by atoms with Crippen LogP contribution in [-0.2, 0) is 0 Å². The van der Waals surface area contributed by atoms with Crippen molar-refractivity contribution in [2.24, 2.45) is 0 Å². The Hall–Kier alpha value is -1.66. The van der Waals surface area contributed by atoms with Crippen molar-refractivity contribution in [3.8, 4) is 5.75 Å². The van der Waals surface area contributed by atoms with Gasteiger partial charge in [-0.25, -0.2) is 4.39 Å². The summed E-state index contributed by atoms with van der Waals surface area (Å²) < 4.78 is 18.2. The summed E-state index contributed by atoms with van der Waals surface area (Å²) in [6.45, 7) is -0.605. The number of carbonyl (C=O) groups excluding carboxylic acids is 1. The Morgan fingerprint density at radius 1 is 1.59 bits per heavy atom. The van der Waals surface area contributed by atoms with Crippen LogP contribution >= 0.6 is 0 Å². The molecule has 1 rings (SSSR count). The molecule has 0 aliphatic rings. The van der Waals surface area contributed by atoms with Crippen LogP contribution in [-0.4, -0.2) is 42.5 Å². The van der Waals surface area contributed by atoms with Gasteiger partial charge in [0.2, 0.25) is 0 Å². The van der Waals surface area contributed by atoms with Crippen molar-refractivity contribution in [1.82, 2.24) is 5.32 Å². The van der Waals surface area contributed by atoms with Gasteiger partial charge < -0.3 is 20.3 Å². The molecule has 0 saturated carbocycles. The maximum atomic E-state index is 13.4. The third kappa shape index (κ3) is 3.69. The second-order valence-corrected chi connectivity index (χ2v) is 3.39. The number of nitrogens with one attached hydrogen (secondary N) is 1. The Bertz CT molecular complexity index is 397. The van der Waals surface area contributed by atoms with Crippen LogP contribution in [0.15, 0.2) is 18.2 Å². The fraction of sp³-hybridized carbons (Fsp3) is 0.364. The van der Waals surface area contributed by atoms with E-state index in [1.165, 1.54) is 19.2 Å². The summed E-state index contributed by atoms with van der Waals surface area (Å²) in [5.41, 5.74) is -0.143. The van der Waals surface area contributed by atoms with E-state index in [-0.39, 0.29) is 12.1 Å². The van der Waals surface area contributed by atoms with Crippen LogP contribution in [0.2, 0.25) is 0 Å². The zero-order chi connectivity index (χ0) is 12.8. The molecule has 0 bridgehead atoms. The van der Waals surface area contributed by atoms with Gasteiger partial charge in [-0.3, -0.25) is 4.79 Å². The van der Waals surface area contributed by atoms with Gasteiger partial charge in [0.25, 0.3) is 5.91 Å². The van der Waals surface area contributed by atoms with E-state index in [2.05, 4.69) is 5.32 Å². The topological polar surface area (TPSA) is 78.8 Å². The van der Waals surface area contributed by atoms with Crippen molar-refractivity contribution >= 4 is 5.91 Å². The van der Waals surface area contributed by atoms with Crippen molar-refractivity contribution in [3.05, 3.63) is 29.6 Å². The molecule has 0 aromatic heterocycles. The second-order valence-electron chi connectivity index (χ2n) is 3.39. The maximum Gasteiger partial charge on any atom is 0.254 e. The summed E-state index contributed by atoms with van der Waals surface area (Å²) in [4.78, 5) is 11.5. The summed E-state index contributed by atoms with van der Waals surface area (Å²) in [5, 5.41) is 19.9. The Balaban J connectivity index is 2.69. The average Bonchev–Trinajstić information content (AvgIpc) is 2.35. The number of aliphatic hydroxyl groups excluding tert-OH is 2. The van der Waals surface area contributed by atoms with Crippen molar-refractivity contribution in [2.45, 2.75) is 6.10 Å². The Labute approximate surface area is 97.8 Å². The molecule has 0 aliphatic carbocycles. The van der Waals surface area contributed by atoms with E-state index < -0.39 is 24.4 Å². The molecule has 0 radical (unpaired) electrons. The fourth-order valence-electron chi connectivity index (χ4n) is 1.18. The van der Waals surface area contributed by atoms with E-state index in [0.29, 0.717) is 5.75 Å². The standard InChI is InChI=1S/C11H14FNO4/c1-17-8-2-3-9(10(12)4-8)11(16)13-5-7(15)6-14/h2-4,7,14-15H,5-6H2,1H3,(H,13,16). The molecule has 0 fully saturated rings. The van der Waals surface area contributed by atoms with Crippen molar-refractivity contribution in [1.29, 1.82) is 0 Å². The number of benzene rings is 1. The number of hydrogen-bond donors (Lipinski definition) is 3. The van der Waals surface area contributed by atoms with Gasteiger partial charge >= 0.3 is 0 Å². The van der Waals surface area contributed by atoms with Crippen LogP contribution < -0.4 is 10.1 Å². The lowest BCUT2D eigenvalue weighted by Gasteiger charge is -2.10. The predicted molar refractivity (Wildman–Crippen MR) is 58.4 cm³/mol. The van der Waals surface area contributed by atoms with Crippen molar-refractivity contribution in [3.63, 3.8) is 0 Å². The maximum absolute atomic E-state index is 13.4. The highest BCUT2D eigenvalue weighted by Crippen LogP contribution is 2.15. The first-order valence-electron chi connectivity index (χ1n) is 4.99. The van der Waals surface area contributed by atoms with Crippen molar-refractivity contribution < 1.29 is 24.1 Å². The molecule has 1 aromatic carbocycles. The number of amides is 1. The van der Waals surface area contributed by atoms with Crippen LogP contribution in [0.25, 0.3) is 0 Å². The monoisotopic (exact) mass is 243 g/mol. The summed E-state index contributed by atoms with van der Waals surface area (Å²) in [7, 11) is 1.39. The van der Waals surface area contributed by atoms with Gasteiger partial charge in [-0.2, -0.15) is 0 Å². The molecule has 0 saturated heterocycles. The number of rotatable bonds is 5. The number of carbonyl (C=O) groups is 1. The highest BCUT2D eigenvalue weighted by Gasteiger charge is 2.13. The first kappa shape index (κ1) is 13.4. The molecule has 1 aromatic rings. The van der Waals surface area contributed by atoms with Crippen LogP contribution in [0.1, 0.15) is 10.4 Å². The smallest absolute Gasteiger partial charge is 0.254 e. The fourth-order valence-corrected chi connectivity index (χ4v) is 1.18. The van der Waals surface area contributed by atoms with E-state index in [1.54, 1.807) is 0 Å². The normalized spacial score (nSPS) is 12.0. The Kier molecular flexibility index (Phi) is 4.86. The first-order chi connectivity index (χ1) is 8.08. The minimum atomic E-state index is -1.06. The van der Waals surface area contributed by atoms with Gasteiger partial charge in [0.15, 0.2) is 0 Å². The van der Waals surface area contributed by atoms with Gasteiger partial charge in [0.05, 0.1) is 25.4 Å². The molecule has 17 heavy (non-hydrogen) atoms. The molecule has 6 heteroatoms.